The highest BCUT2D eigenvalue weighted by molar-refractivity contribution is 6.40. The number of benzene rings is 2. The monoisotopic (exact) mass is 476 g/mol. The maximum Gasteiger partial charge on any atom is 0.354 e. The van der Waals surface area contributed by atoms with Gasteiger partial charge in [-0.2, -0.15) is 5.10 Å². The fourth-order valence-corrected chi connectivity index (χ4v) is 3.69. The van der Waals surface area contributed by atoms with Crippen molar-refractivity contribution in [1.29, 1.82) is 0 Å². The number of amides is 2. The van der Waals surface area contributed by atoms with Gasteiger partial charge in [0.05, 0.1) is 34.6 Å². The lowest BCUT2D eigenvalue weighted by atomic mass is 10.1. The minimum absolute atomic E-state index is 0.0643. The van der Waals surface area contributed by atoms with Crippen molar-refractivity contribution in [2.24, 2.45) is 5.10 Å². The van der Waals surface area contributed by atoms with Crippen molar-refractivity contribution in [3.8, 4) is 0 Å². The Morgan fingerprint density at radius 2 is 1.78 bits per heavy atom. The largest absolute Gasteiger partial charge is 0.461 e. The van der Waals surface area contributed by atoms with Crippen molar-refractivity contribution in [2.45, 2.75) is 19.4 Å². The molecule has 10 heteroatoms. The second-order valence-corrected chi connectivity index (χ2v) is 7.82. The summed E-state index contributed by atoms with van der Waals surface area (Å²) >= 11 is 12.2. The zero-order valence-electron chi connectivity index (χ0n) is 17.5. The Bertz CT molecular complexity index is 1030. The number of para-hydroxylation sites is 2. The Labute approximate surface area is 195 Å². The molecule has 1 N–H and O–H groups in total. The molecule has 0 fully saturated rings. The number of rotatable bonds is 7. The SMILES string of the molecule is CCOC(=O)C1=NN(c2ccccc2)C(C(=O)N(C)CC(=O)Nc2c(Cl)cccc2Cl)C1. The second-order valence-electron chi connectivity index (χ2n) is 7.01. The van der Waals surface area contributed by atoms with Crippen molar-refractivity contribution in [2.75, 3.05) is 30.5 Å². The van der Waals surface area contributed by atoms with Crippen LogP contribution in [-0.4, -0.2) is 54.6 Å². The zero-order valence-corrected chi connectivity index (χ0v) is 19.1. The molecule has 168 valence electrons. The fourth-order valence-electron chi connectivity index (χ4n) is 3.20. The molecular formula is C22H22Cl2N4O4. The highest BCUT2D eigenvalue weighted by Gasteiger charge is 2.38. The predicted molar refractivity (Wildman–Crippen MR) is 124 cm³/mol. The number of hydrogen-bond donors (Lipinski definition) is 1. The molecule has 3 rings (SSSR count). The van der Waals surface area contributed by atoms with Crippen LogP contribution in [0.5, 0.6) is 0 Å². The smallest absolute Gasteiger partial charge is 0.354 e. The molecule has 2 aromatic carbocycles. The summed E-state index contributed by atoms with van der Waals surface area (Å²) in [5.41, 5.74) is 1.07. The van der Waals surface area contributed by atoms with Crippen LogP contribution in [0.4, 0.5) is 11.4 Å². The Balaban J connectivity index is 1.74. The van der Waals surface area contributed by atoms with Gasteiger partial charge in [-0.25, -0.2) is 4.79 Å². The Hall–Kier alpha value is -3.10. The number of hydrogen-bond acceptors (Lipinski definition) is 6. The molecule has 2 aromatic rings. The van der Waals surface area contributed by atoms with Crippen molar-refractivity contribution >= 4 is 58.1 Å². The molecule has 0 saturated carbocycles. The van der Waals surface area contributed by atoms with E-state index in [-0.39, 0.29) is 36.9 Å². The molecule has 1 atom stereocenters. The van der Waals surface area contributed by atoms with E-state index in [1.807, 2.05) is 6.07 Å². The van der Waals surface area contributed by atoms with E-state index in [1.54, 1.807) is 49.4 Å². The molecule has 1 aliphatic heterocycles. The maximum atomic E-state index is 13.2. The predicted octanol–water partition coefficient (Wildman–Crippen LogP) is 3.59. The number of likely N-dealkylation sites (N-methyl/N-ethyl adjacent to an activating group) is 1. The standard InChI is InChI=1S/C22H22Cl2N4O4/c1-3-32-22(31)17-12-18(28(26-17)14-8-5-4-6-9-14)21(30)27(2)13-19(29)25-20-15(23)10-7-11-16(20)24/h4-11,18H,3,12-13H2,1-2H3,(H,25,29). The van der Waals surface area contributed by atoms with E-state index >= 15 is 0 Å². The quantitative estimate of drug-likeness (QED) is 0.616. The number of anilines is 2. The lowest BCUT2D eigenvalue weighted by Gasteiger charge is -2.27. The van der Waals surface area contributed by atoms with Crippen LogP contribution in [0, 0.1) is 0 Å². The molecule has 0 bridgehead atoms. The van der Waals surface area contributed by atoms with Gasteiger partial charge in [0.15, 0.2) is 0 Å². The van der Waals surface area contributed by atoms with Crippen molar-refractivity contribution in [3.63, 3.8) is 0 Å². The summed E-state index contributed by atoms with van der Waals surface area (Å²) < 4.78 is 5.04. The van der Waals surface area contributed by atoms with E-state index in [0.29, 0.717) is 15.7 Å². The number of carbonyl (C=O) groups excluding carboxylic acids is 3. The minimum atomic E-state index is -0.793. The van der Waals surface area contributed by atoms with Gasteiger partial charge in [-0.3, -0.25) is 14.6 Å². The van der Waals surface area contributed by atoms with Gasteiger partial charge in [0.2, 0.25) is 11.8 Å². The lowest BCUT2D eigenvalue weighted by Crippen LogP contribution is -2.46. The number of nitrogens with zero attached hydrogens (tertiary/aromatic N) is 3. The summed E-state index contributed by atoms with van der Waals surface area (Å²) in [7, 11) is 1.50. The molecule has 32 heavy (non-hydrogen) atoms. The highest BCUT2D eigenvalue weighted by Crippen LogP contribution is 2.30. The molecule has 0 aliphatic carbocycles. The van der Waals surface area contributed by atoms with Crippen LogP contribution in [0.25, 0.3) is 0 Å². The van der Waals surface area contributed by atoms with E-state index in [4.69, 9.17) is 27.9 Å². The Morgan fingerprint density at radius 3 is 2.41 bits per heavy atom. The number of ether oxygens (including phenoxy) is 1. The van der Waals surface area contributed by atoms with E-state index < -0.39 is 17.9 Å². The van der Waals surface area contributed by atoms with Crippen LogP contribution < -0.4 is 10.3 Å². The van der Waals surface area contributed by atoms with Gasteiger partial charge < -0.3 is 15.0 Å². The number of halogens is 2. The first-order chi connectivity index (χ1) is 15.3. The molecule has 1 aliphatic rings. The first kappa shape index (κ1) is 23.6. The summed E-state index contributed by atoms with van der Waals surface area (Å²) in [4.78, 5) is 39.2. The minimum Gasteiger partial charge on any atom is -0.461 e. The molecule has 0 saturated heterocycles. The van der Waals surface area contributed by atoms with Gasteiger partial charge in [-0.05, 0) is 31.2 Å². The third-order valence-corrected chi connectivity index (χ3v) is 5.34. The van der Waals surface area contributed by atoms with Crippen molar-refractivity contribution in [3.05, 3.63) is 58.6 Å². The molecule has 1 heterocycles. The number of esters is 1. The summed E-state index contributed by atoms with van der Waals surface area (Å²) in [6.45, 7) is 1.66. The van der Waals surface area contributed by atoms with E-state index in [1.165, 1.54) is 17.0 Å². The van der Waals surface area contributed by atoms with Crippen LogP contribution >= 0.6 is 23.2 Å². The topological polar surface area (TPSA) is 91.3 Å². The van der Waals surface area contributed by atoms with Gasteiger partial charge >= 0.3 is 5.97 Å². The van der Waals surface area contributed by atoms with Gasteiger partial charge in [-0.1, -0.05) is 47.5 Å². The molecule has 1 unspecified atom stereocenters. The Kier molecular flexibility index (Phi) is 7.71. The molecule has 8 nitrogen and oxygen atoms in total. The third kappa shape index (κ3) is 5.38. The summed E-state index contributed by atoms with van der Waals surface area (Å²) in [6, 6.07) is 13.1. The van der Waals surface area contributed by atoms with Gasteiger partial charge in [0.25, 0.3) is 0 Å². The zero-order chi connectivity index (χ0) is 23.3. The average Bonchev–Trinajstić information content (AvgIpc) is 3.22. The van der Waals surface area contributed by atoms with E-state index in [9.17, 15) is 14.4 Å². The van der Waals surface area contributed by atoms with E-state index in [0.717, 1.165) is 0 Å². The van der Waals surface area contributed by atoms with Gasteiger partial charge in [0.1, 0.15) is 11.8 Å². The maximum absolute atomic E-state index is 13.2. The normalized spacial score (nSPS) is 15.2. The molecule has 2 amide bonds. The van der Waals surface area contributed by atoms with E-state index in [2.05, 4.69) is 10.4 Å². The van der Waals surface area contributed by atoms with Crippen molar-refractivity contribution in [1.82, 2.24) is 4.90 Å². The molecular weight excluding hydrogens is 455 g/mol. The number of nitrogens with one attached hydrogen (secondary N) is 1. The van der Waals surface area contributed by atoms with Gasteiger partial charge in [0, 0.05) is 13.5 Å². The van der Waals surface area contributed by atoms with Crippen LogP contribution in [-0.2, 0) is 19.1 Å². The first-order valence-electron chi connectivity index (χ1n) is 9.89. The molecule has 0 radical (unpaired) electrons. The fraction of sp³-hybridized carbons (Fsp3) is 0.273. The second kappa shape index (κ2) is 10.5. The summed E-state index contributed by atoms with van der Waals surface area (Å²) in [5, 5.41) is 9.01. The molecule has 0 aromatic heterocycles. The summed E-state index contributed by atoms with van der Waals surface area (Å²) in [6.07, 6.45) is 0.0643. The first-order valence-corrected chi connectivity index (χ1v) is 10.6. The van der Waals surface area contributed by atoms with Crippen LogP contribution in [0.3, 0.4) is 0 Å². The highest BCUT2D eigenvalue weighted by atomic mass is 35.5. The van der Waals surface area contributed by atoms with Crippen LogP contribution in [0.1, 0.15) is 13.3 Å². The average molecular weight is 477 g/mol. The van der Waals surface area contributed by atoms with Gasteiger partial charge in [-0.15, -0.1) is 0 Å². The van der Waals surface area contributed by atoms with Crippen LogP contribution in [0.15, 0.2) is 53.6 Å². The number of hydrazone groups is 1. The summed E-state index contributed by atoms with van der Waals surface area (Å²) in [5.74, 6) is -1.42. The Morgan fingerprint density at radius 1 is 1.12 bits per heavy atom. The van der Waals surface area contributed by atoms with Crippen LogP contribution in [0.2, 0.25) is 10.0 Å². The third-order valence-electron chi connectivity index (χ3n) is 4.71. The number of carbonyl (C=O) groups is 3. The lowest BCUT2D eigenvalue weighted by molar-refractivity contribution is -0.135. The molecule has 0 spiro atoms. The van der Waals surface area contributed by atoms with Crippen molar-refractivity contribution < 1.29 is 19.1 Å².